The van der Waals surface area contributed by atoms with E-state index in [1.54, 1.807) is 18.4 Å². The van der Waals surface area contributed by atoms with Crippen LogP contribution in [0.3, 0.4) is 0 Å². The predicted octanol–water partition coefficient (Wildman–Crippen LogP) is 2.91. The summed E-state index contributed by atoms with van der Waals surface area (Å²) >= 11 is 0. The van der Waals surface area contributed by atoms with Crippen molar-refractivity contribution in [2.75, 3.05) is 0 Å². The van der Waals surface area contributed by atoms with E-state index in [0.717, 1.165) is 22.6 Å². The summed E-state index contributed by atoms with van der Waals surface area (Å²) in [6.45, 7) is 0. The second kappa shape index (κ2) is 2.66. The number of ether oxygens (including phenoxy) is 1. The Hall–Kier alpha value is -2.09. The van der Waals surface area contributed by atoms with Gasteiger partial charge in [-0.2, -0.15) is 0 Å². The van der Waals surface area contributed by atoms with Gasteiger partial charge in [0.15, 0.2) is 0 Å². The van der Waals surface area contributed by atoms with E-state index in [9.17, 15) is 0 Å². The third-order valence-electron chi connectivity index (χ3n) is 4.19. The Morgan fingerprint density at radius 1 is 1.50 bits per heavy atom. The second-order valence-corrected chi connectivity index (χ2v) is 4.99. The zero-order valence-corrected chi connectivity index (χ0v) is 9.60. The molecular formula is C16H11NO. The molecule has 4 aliphatic rings. The molecule has 2 heteroatoms. The van der Waals surface area contributed by atoms with Gasteiger partial charge in [-0.3, -0.25) is 4.99 Å². The molecule has 0 saturated heterocycles. The molecule has 5 rings (SSSR count). The highest BCUT2D eigenvalue weighted by molar-refractivity contribution is 5.98. The SMILES string of the molecule is [2H]C1=C2Oc3cccc4c3C23C=CN=C(C4)C3([2H])C=C1. The lowest BCUT2D eigenvalue weighted by Crippen LogP contribution is -2.44. The maximum atomic E-state index is 9.00. The molecule has 1 aromatic rings. The number of rotatable bonds is 0. The highest BCUT2D eigenvalue weighted by atomic mass is 16.5. The standard InChI is InChI=1S/C16H11NO/c1-3-10-9-12-11-4-2-6-14-16(11,7-8-17-12)15(10)13(5-1)18-14/h1-8,11H,9H2/i6D,11D. The van der Waals surface area contributed by atoms with E-state index < -0.39 is 11.3 Å². The first-order chi connectivity index (χ1) is 9.67. The minimum atomic E-state index is -0.957. The quantitative estimate of drug-likeness (QED) is 0.677. The van der Waals surface area contributed by atoms with E-state index in [-0.39, 0.29) is 0 Å². The molecule has 0 radical (unpaired) electrons. The van der Waals surface area contributed by atoms with E-state index in [1.165, 1.54) is 0 Å². The van der Waals surface area contributed by atoms with Crippen LogP contribution in [-0.4, -0.2) is 5.71 Å². The zero-order valence-electron chi connectivity index (χ0n) is 11.6. The van der Waals surface area contributed by atoms with Crippen LogP contribution in [0.4, 0.5) is 0 Å². The summed E-state index contributed by atoms with van der Waals surface area (Å²) in [6.07, 6.45) is 7.85. The Labute approximate surface area is 108 Å². The minimum Gasteiger partial charge on any atom is -0.460 e. The number of benzene rings is 1. The Morgan fingerprint density at radius 3 is 3.50 bits per heavy atom. The molecule has 2 aliphatic carbocycles. The van der Waals surface area contributed by atoms with Gasteiger partial charge in [0.2, 0.25) is 0 Å². The molecule has 18 heavy (non-hydrogen) atoms. The highest BCUT2D eigenvalue weighted by Crippen LogP contribution is 2.58. The molecule has 86 valence electrons. The largest absolute Gasteiger partial charge is 0.460 e. The van der Waals surface area contributed by atoms with E-state index in [4.69, 9.17) is 7.48 Å². The van der Waals surface area contributed by atoms with Crippen LogP contribution in [0.1, 0.15) is 13.9 Å². The zero-order chi connectivity index (χ0) is 13.5. The van der Waals surface area contributed by atoms with Crippen LogP contribution >= 0.6 is 0 Å². The number of allylic oxidation sites excluding steroid dienone is 4. The molecule has 2 aliphatic heterocycles. The first kappa shape index (κ1) is 7.37. The van der Waals surface area contributed by atoms with Crippen LogP contribution in [0.2, 0.25) is 0 Å². The average Bonchev–Trinajstić information content (AvgIpc) is 2.76. The molecule has 0 aromatic heterocycles. The van der Waals surface area contributed by atoms with Gasteiger partial charge in [0.1, 0.15) is 11.5 Å². The van der Waals surface area contributed by atoms with E-state index in [0.29, 0.717) is 18.2 Å². The van der Waals surface area contributed by atoms with E-state index in [2.05, 4.69) is 11.1 Å². The molecule has 2 atom stereocenters. The van der Waals surface area contributed by atoms with Crippen molar-refractivity contribution in [1.82, 2.24) is 0 Å². The first-order valence-electron chi connectivity index (χ1n) is 7.12. The number of hydrogen-bond acceptors (Lipinski definition) is 2. The van der Waals surface area contributed by atoms with Crippen molar-refractivity contribution in [3.8, 4) is 5.75 Å². The van der Waals surface area contributed by atoms with E-state index >= 15 is 0 Å². The van der Waals surface area contributed by atoms with Crippen LogP contribution in [0.15, 0.2) is 59.4 Å². The summed E-state index contributed by atoms with van der Waals surface area (Å²) in [5, 5.41) is 0. The summed E-state index contributed by atoms with van der Waals surface area (Å²) in [6, 6.07) is 6.32. The third kappa shape index (κ3) is 0.769. The lowest BCUT2D eigenvalue weighted by atomic mass is 9.60. The maximum Gasteiger partial charge on any atom is 0.131 e. The highest BCUT2D eigenvalue weighted by Gasteiger charge is 2.55. The lowest BCUT2D eigenvalue weighted by Gasteiger charge is -2.42. The summed E-state index contributed by atoms with van der Waals surface area (Å²) in [4.78, 5) is 4.44. The van der Waals surface area contributed by atoms with Crippen LogP contribution in [0.5, 0.6) is 5.75 Å². The molecule has 2 unspecified atom stereocenters. The molecule has 0 saturated carbocycles. The van der Waals surface area contributed by atoms with Crippen LogP contribution in [0.25, 0.3) is 0 Å². The average molecular weight is 235 g/mol. The molecular weight excluding hydrogens is 222 g/mol. The van der Waals surface area contributed by atoms with Gasteiger partial charge in [0.25, 0.3) is 0 Å². The van der Waals surface area contributed by atoms with Gasteiger partial charge in [-0.15, -0.1) is 0 Å². The molecule has 0 amide bonds. The van der Waals surface area contributed by atoms with Gasteiger partial charge >= 0.3 is 0 Å². The number of nitrogens with zero attached hydrogens (tertiary/aromatic N) is 1. The minimum absolute atomic E-state index is 0.350. The Balaban J connectivity index is 2.02. The summed E-state index contributed by atoms with van der Waals surface area (Å²) in [5.74, 6) is 0.398. The fraction of sp³-hybridized carbons (Fsp3) is 0.188. The molecule has 2 bridgehead atoms. The summed E-state index contributed by atoms with van der Waals surface area (Å²) in [7, 11) is 0. The lowest BCUT2D eigenvalue weighted by molar-refractivity contribution is 0.372. The van der Waals surface area contributed by atoms with Crippen molar-refractivity contribution >= 4 is 5.71 Å². The summed E-state index contributed by atoms with van der Waals surface area (Å²) in [5.41, 5.74) is 2.34. The predicted molar refractivity (Wildman–Crippen MR) is 69.7 cm³/mol. The second-order valence-electron chi connectivity index (χ2n) is 4.99. The van der Waals surface area contributed by atoms with Gasteiger partial charge in [-0.1, -0.05) is 24.3 Å². The van der Waals surface area contributed by atoms with Crippen molar-refractivity contribution in [2.45, 2.75) is 11.8 Å². The van der Waals surface area contributed by atoms with Crippen LogP contribution < -0.4 is 4.74 Å². The van der Waals surface area contributed by atoms with Gasteiger partial charge in [0, 0.05) is 31.2 Å². The van der Waals surface area contributed by atoms with Crippen molar-refractivity contribution < 1.29 is 7.48 Å². The first-order valence-corrected chi connectivity index (χ1v) is 6.12. The monoisotopic (exact) mass is 235 g/mol. The summed E-state index contributed by atoms with van der Waals surface area (Å²) < 4.78 is 23.1. The molecule has 0 N–H and O–H groups in total. The Kier molecular flexibility index (Phi) is 1.09. The number of aliphatic imine (C=N–C) groups is 1. The number of hydrogen-bond donors (Lipinski definition) is 0. The van der Waals surface area contributed by atoms with E-state index in [1.807, 2.05) is 18.2 Å². The molecule has 1 aromatic carbocycles. The molecule has 2 nitrogen and oxygen atoms in total. The van der Waals surface area contributed by atoms with Gasteiger partial charge in [-0.05, 0) is 23.8 Å². The third-order valence-corrected chi connectivity index (χ3v) is 4.19. The van der Waals surface area contributed by atoms with Gasteiger partial charge in [0.05, 0.1) is 6.79 Å². The normalized spacial score (nSPS) is 38.8. The smallest absolute Gasteiger partial charge is 0.131 e. The Morgan fingerprint density at radius 2 is 2.50 bits per heavy atom. The van der Waals surface area contributed by atoms with Crippen LogP contribution in [-0.2, 0) is 11.8 Å². The van der Waals surface area contributed by atoms with Gasteiger partial charge < -0.3 is 4.74 Å². The molecule has 2 heterocycles. The van der Waals surface area contributed by atoms with Crippen molar-refractivity contribution in [2.24, 2.45) is 10.9 Å². The molecule has 0 fully saturated rings. The topological polar surface area (TPSA) is 21.6 Å². The maximum absolute atomic E-state index is 9.00. The van der Waals surface area contributed by atoms with Crippen LogP contribution in [0, 0.1) is 5.89 Å². The molecule has 1 spiro atoms. The van der Waals surface area contributed by atoms with Crippen molar-refractivity contribution in [1.29, 1.82) is 0 Å². The fourth-order valence-corrected chi connectivity index (χ4v) is 3.50. The van der Waals surface area contributed by atoms with Crippen molar-refractivity contribution in [3.63, 3.8) is 0 Å². The fourth-order valence-electron chi connectivity index (χ4n) is 3.50. The Bertz CT molecular complexity index is 805. The van der Waals surface area contributed by atoms with Crippen molar-refractivity contribution in [3.05, 3.63) is 65.6 Å². The van der Waals surface area contributed by atoms with Gasteiger partial charge in [-0.25, -0.2) is 0 Å².